The van der Waals surface area contributed by atoms with E-state index in [-0.39, 0.29) is 17.0 Å². The zero-order chi connectivity index (χ0) is 14.7. The Labute approximate surface area is 110 Å². The van der Waals surface area contributed by atoms with E-state index in [1.807, 2.05) is 34.6 Å². The van der Waals surface area contributed by atoms with E-state index in [9.17, 15) is 8.78 Å². The molecule has 0 heterocycles. The van der Waals surface area contributed by atoms with Crippen molar-refractivity contribution in [3.63, 3.8) is 0 Å². The Morgan fingerprint density at radius 1 is 1.22 bits per heavy atom. The lowest BCUT2D eigenvalue weighted by atomic mass is 9.86. The second-order valence-corrected chi connectivity index (χ2v) is 6.63. The van der Waals surface area contributed by atoms with E-state index in [0.29, 0.717) is 6.54 Å². The molecule has 0 aromatic rings. The van der Waals surface area contributed by atoms with Crippen LogP contribution in [0.2, 0.25) is 0 Å². The molecule has 0 unspecified atom stereocenters. The first-order valence-electron chi connectivity index (χ1n) is 6.46. The standard InChI is InChI=1S/C14H28F2N2/c1-9(2)12(17)10(3)14(15,16)11(4)18-8-13(5,6)7/h9-10,12,18H,4,8,17H2,1-3,5-7H3/t10-,12+/m1/s1. The van der Waals surface area contributed by atoms with Gasteiger partial charge in [-0.3, -0.25) is 0 Å². The van der Waals surface area contributed by atoms with Crippen molar-refractivity contribution in [2.24, 2.45) is 23.0 Å². The molecule has 3 N–H and O–H groups in total. The van der Waals surface area contributed by atoms with Crippen LogP contribution in [0.1, 0.15) is 41.5 Å². The second-order valence-electron chi connectivity index (χ2n) is 6.63. The Bertz CT molecular complexity index is 280. The number of nitrogens with one attached hydrogen (secondary N) is 1. The molecule has 0 rings (SSSR count). The van der Waals surface area contributed by atoms with E-state index in [1.165, 1.54) is 6.92 Å². The third-order valence-corrected chi connectivity index (χ3v) is 3.15. The minimum absolute atomic E-state index is 0.0151. The summed E-state index contributed by atoms with van der Waals surface area (Å²) in [5.41, 5.74) is 5.51. The normalized spacial score (nSPS) is 16.6. The molecule has 0 aromatic carbocycles. The molecule has 0 aliphatic carbocycles. The highest BCUT2D eigenvalue weighted by molar-refractivity contribution is 5.09. The molecule has 0 bridgehead atoms. The Morgan fingerprint density at radius 2 is 1.67 bits per heavy atom. The SMILES string of the molecule is C=C(NCC(C)(C)C)C(F)(F)[C@H](C)[C@@H](N)C(C)C. The maximum absolute atomic E-state index is 14.2. The van der Waals surface area contributed by atoms with Crippen molar-refractivity contribution in [2.45, 2.75) is 53.5 Å². The molecule has 0 radical (unpaired) electrons. The van der Waals surface area contributed by atoms with E-state index in [4.69, 9.17) is 5.73 Å². The lowest BCUT2D eigenvalue weighted by Crippen LogP contribution is -2.47. The summed E-state index contributed by atoms with van der Waals surface area (Å²) in [4.78, 5) is 0. The Morgan fingerprint density at radius 3 is 2.00 bits per heavy atom. The largest absolute Gasteiger partial charge is 0.383 e. The monoisotopic (exact) mass is 262 g/mol. The van der Waals surface area contributed by atoms with Crippen molar-refractivity contribution in [1.82, 2.24) is 5.32 Å². The number of hydrogen-bond acceptors (Lipinski definition) is 2. The highest BCUT2D eigenvalue weighted by Crippen LogP contribution is 2.34. The van der Waals surface area contributed by atoms with Crippen LogP contribution in [0, 0.1) is 17.3 Å². The molecule has 0 fully saturated rings. The van der Waals surface area contributed by atoms with Gasteiger partial charge in [0.2, 0.25) is 0 Å². The predicted octanol–water partition coefficient (Wildman–Crippen LogP) is 3.39. The summed E-state index contributed by atoms with van der Waals surface area (Å²) in [5, 5.41) is 2.74. The lowest BCUT2D eigenvalue weighted by molar-refractivity contribution is -0.0352. The average Bonchev–Trinajstić information content (AvgIpc) is 2.22. The summed E-state index contributed by atoms with van der Waals surface area (Å²) in [7, 11) is 0. The van der Waals surface area contributed by atoms with Crippen molar-refractivity contribution in [3.05, 3.63) is 12.3 Å². The van der Waals surface area contributed by atoms with E-state index < -0.39 is 17.9 Å². The minimum Gasteiger partial charge on any atom is -0.383 e. The molecule has 0 spiro atoms. The fourth-order valence-corrected chi connectivity index (χ4v) is 1.58. The van der Waals surface area contributed by atoms with Crippen LogP contribution >= 0.6 is 0 Å². The maximum Gasteiger partial charge on any atom is 0.290 e. The van der Waals surface area contributed by atoms with Gasteiger partial charge in [-0.2, -0.15) is 8.78 Å². The molecule has 108 valence electrons. The molecule has 0 amide bonds. The van der Waals surface area contributed by atoms with Gasteiger partial charge in [0, 0.05) is 18.5 Å². The van der Waals surface area contributed by atoms with Crippen LogP contribution in [0.4, 0.5) is 8.78 Å². The minimum atomic E-state index is -2.99. The van der Waals surface area contributed by atoms with Crippen LogP contribution < -0.4 is 11.1 Å². The highest BCUT2D eigenvalue weighted by Gasteiger charge is 2.43. The zero-order valence-electron chi connectivity index (χ0n) is 12.5. The molecule has 0 saturated carbocycles. The molecule has 0 aromatic heterocycles. The first kappa shape index (κ1) is 17.4. The molecule has 4 heteroatoms. The summed E-state index contributed by atoms with van der Waals surface area (Å²) >= 11 is 0. The van der Waals surface area contributed by atoms with Gasteiger partial charge in [0.15, 0.2) is 0 Å². The number of halogens is 2. The van der Waals surface area contributed by atoms with Gasteiger partial charge < -0.3 is 11.1 Å². The molecule has 0 saturated heterocycles. The Kier molecular flexibility index (Phi) is 5.79. The van der Waals surface area contributed by atoms with Crippen LogP contribution in [0.3, 0.4) is 0 Å². The van der Waals surface area contributed by atoms with Crippen molar-refractivity contribution in [3.8, 4) is 0 Å². The summed E-state index contributed by atoms with van der Waals surface area (Å²) < 4.78 is 28.3. The summed E-state index contributed by atoms with van der Waals surface area (Å²) in [6.45, 7) is 15.1. The molecule has 0 aliphatic rings. The molecule has 0 aliphatic heterocycles. The molecule has 18 heavy (non-hydrogen) atoms. The van der Waals surface area contributed by atoms with Crippen LogP contribution in [-0.4, -0.2) is 18.5 Å². The highest BCUT2D eigenvalue weighted by atomic mass is 19.3. The fraction of sp³-hybridized carbons (Fsp3) is 0.857. The summed E-state index contributed by atoms with van der Waals surface area (Å²) in [6, 6.07) is -0.548. The van der Waals surface area contributed by atoms with Gasteiger partial charge in [-0.05, 0) is 11.3 Å². The topological polar surface area (TPSA) is 38.0 Å². The third-order valence-electron chi connectivity index (χ3n) is 3.15. The van der Waals surface area contributed by atoms with Gasteiger partial charge in [-0.15, -0.1) is 0 Å². The fourth-order valence-electron chi connectivity index (χ4n) is 1.58. The van der Waals surface area contributed by atoms with Crippen LogP contribution in [0.25, 0.3) is 0 Å². The van der Waals surface area contributed by atoms with E-state index in [2.05, 4.69) is 11.9 Å². The maximum atomic E-state index is 14.2. The Hall–Kier alpha value is -0.640. The smallest absolute Gasteiger partial charge is 0.290 e. The van der Waals surface area contributed by atoms with Gasteiger partial charge in [0.25, 0.3) is 5.92 Å². The van der Waals surface area contributed by atoms with E-state index in [0.717, 1.165) is 0 Å². The van der Waals surface area contributed by atoms with Crippen LogP contribution in [-0.2, 0) is 0 Å². The zero-order valence-corrected chi connectivity index (χ0v) is 12.5. The number of allylic oxidation sites excluding steroid dienone is 1. The van der Waals surface area contributed by atoms with Crippen molar-refractivity contribution >= 4 is 0 Å². The molecule has 2 nitrogen and oxygen atoms in total. The first-order chi connectivity index (χ1) is 7.89. The Balaban J connectivity index is 4.66. The van der Waals surface area contributed by atoms with Crippen molar-refractivity contribution in [1.29, 1.82) is 0 Å². The van der Waals surface area contributed by atoms with E-state index >= 15 is 0 Å². The molecular weight excluding hydrogens is 234 g/mol. The third kappa shape index (κ3) is 4.92. The van der Waals surface area contributed by atoms with Gasteiger partial charge in [0.05, 0.1) is 5.70 Å². The lowest BCUT2D eigenvalue weighted by Gasteiger charge is -2.33. The first-order valence-corrected chi connectivity index (χ1v) is 6.46. The number of alkyl halides is 2. The van der Waals surface area contributed by atoms with Gasteiger partial charge in [-0.1, -0.05) is 48.1 Å². The summed E-state index contributed by atoms with van der Waals surface area (Å²) in [5.74, 6) is -3.91. The van der Waals surface area contributed by atoms with Gasteiger partial charge >= 0.3 is 0 Å². The molecule has 2 atom stereocenters. The number of rotatable bonds is 6. The van der Waals surface area contributed by atoms with Gasteiger partial charge in [0.1, 0.15) is 0 Å². The van der Waals surface area contributed by atoms with Gasteiger partial charge in [-0.25, -0.2) is 0 Å². The molecular formula is C14H28F2N2. The number of hydrogen-bond donors (Lipinski definition) is 2. The number of nitrogens with two attached hydrogens (primary N) is 1. The second kappa shape index (κ2) is 6.00. The predicted molar refractivity (Wildman–Crippen MR) is 73.5 cm³/mol. The van der Waals surface area contributed by atoms with Crippen molar-refractivity contribution < 1.29 is 8.78 Å². The van der Waals surface area contributed by atoms with Crippen LogP contribution in [0.15, 0.2) is 12.3 Å². The quantitative estimate of drug-likeness (QED) is 0.770. The summed E-state index contributed by atoms with van der Waals surface area (Å²) in [6.07, 6.45) is 0. The van der Waals surface area contributed by atoms with Crippen molar-refractivity contribution in [2.75, 3.05) is 6.54 Å². The van der Waals surface area contributed by atoms with Crippen LogP contribution in [0.5, 0.6) is 0 Å². The van der Waals surface area contributed by atoms with E-state index in [1.54, 1.807) is 0 Å². The average molecular weight is 262 g/mol.